The molecule has 2 aromatic carbocycles. The predicted octanol–water partition coefficient (Wildman–Crippen LogP) is 5.19. The van der Waals surface area contributed by atoms with Gasteiger partial charge in [-0.25, -0.2) is 0 Å². The summed E-state index contributed by atoms with van der Waals surface area (Å²) in [6, 6.07) is 13.4. The Morgan fingerprint density at radius 2 is 1.86 bits per heavy atom. The minimum Gasteiger partial charge on any atom is -0.508 e. The zero-order valence-electron chi connectivity index (χ0n) is 14.1. The second-order valence-electron chi connectivity index (χ2n) is 5.60. The minimum absolute atomic E-state index is 0.00752. The van der Waals surface area contributed by atoms with E-state index in [-0.39, 0.29) is 28.1 Å². The van der Waals surface area contributed by atoms with Crippen LogP contribution in [0.2, 0.25) is 10.0 Å². The van der Waals surface area contributed by atoms with Crippen LogP contribution < -0.4 is 10.1 Å². The Balaban J connectivity index is 2.06. The third kappa shape index (κ3) is 4.27. The molecule has 3 rings (SSSR count). The van der Waals surface area contributed by atoms with Crippen LogP contribution in [-0.2, 0) is 4.79 Å². The molecule has 0 bridgehead atoms. The van der Waals surface area contributed by atoms with Crippen molar-refractivity contribution < 1.29 is 24.1 Å². The van der Waals surface area contributed by atoms with Crippen LogP contribution in [0.25, 0.3) is 11.1 Å². The lowest BCUT2D eigenvalue weighted by molar-refractivity contribution is -0.134. The Morgan fingerprint density at radius 1 is 1.14 bits per heavy atom. The smallest absolute Gasteiger partial charge is 0.322 e. The molecule has 0 radical (unpaired) electrons. The van der Waals surface area contributed by atoms with Gasteiger partial charge in [-0.15, -0.1) is 0 Å². The molecular weight excluding hydrogens is 410 g/mol. The molecule has 28 heavy (non-hydrogen) atoms. The monoisotopic (exact) mass is 422 g/mol. The number of aliphatic carboxylic acids is 1. The van der Waals surface area contributed by atoms with E-state index in [0.717, 1.165) is 5.56 Å². The average molecular weight is 423 g/mol. The lowest BCUT2D eigenvalue weighted by Crippen LogP contribution is -2.14. The number of ether oxygens (including phenoxy) is 1. The number of nitrogens with zero attached hydrogens (tertiary/aromatic N) is 1. The molecular formula is C19H13Cl2FN2O4. The van der Waals surface area contributed by atoms with Crippen molar-refractivity contribution in [1.29, 1.82) is 0 Å². The van der Waals surface area contributed by atoms with Crippen LogP contribution in [0.3, 0.4) is 0 Å². The highest BCUT2D eigenvalue weighted by atomic mass is 35.5. The number of aromatic nitrogens is 1. The molecule has 3 aromatic rings. The van der Waals surface area contributed by atoms with Gasteiger partial charge in [-0.1, -0.05) is 53.5 Å². The van der Waals surface area contributed by atoms with Gasteiger partial charge in [0.25, 0.3) is 0 Å². The molecule has 144 valence electrons. The van der Waals surface area contributed by atoms with E-state index < -0.39 is 23.5 Å². The fraction of sp³-hybridized carbons (Fsp3) is 0.0526. The maximum atomic E-state index is 14.1. The quantitative estimate of drug-likeness (QED) is 0.473. The van der Waals surface area contributed by atoms with Gasteiger partial charge in [0.1, 0.15) is 28.1 Å². The van der Waals surface area contributed by atoms with Gasteiger partial charge in [-0.3, -0.25) is 4.79 Å². The predicted molar refractivity (Wildman–Crippen MR) is 104 cm³/mol. The van der Waals surface area contributed by atoms with E-state index in [1.54, 1.807) is 12.1 Å². The lowest BCUT2D eigenvalue weighted by atomic mass is 10.0. The maximum Gasteiger partial charge on any atom is 0.322 e. The van der Waals surface area contributed by atoms with E-state index in [0.29, 0.717) is 5.56 Å². The molecule has 0 aliphatic heterocycles. The van der Waals surface area contributed by atoms with Gasteiger partial charge in [0.15, 0.2) is 11.6 Å². The van der Waals surface area contributed by atoms with Crippen molar-refractivity contribution in [2.75, 3.05) is 11.9 Å². The normalized spacial score (nSPS) is 10.5. The molecule has 9 heteroatoms. The van der Waals surface area contributed by atoms with Crippen LogP contribution in [0, 0.1) is 5.95 Å². The second kappa shape index (κ2) is 8.33. The van der Waals surface area contributed by atoms with Crippen molar-refractivity contribution in [3.05, 3.63) is 64.5 Å². The standard InChI is InChI=1S/C19H13Cl2FN2O4/c20-15-17(16(21)19(24-18(15)22)23-9-14(26)27)28-13-7-6-11(25)8-12(13)10-4-2-1-3-5-10/h1-8,25H,9H2,(H,23,24)(H,26,27). The summed E-state index contributed by atoms with van der Waals surface area (Å²) < 4.78 is 19.9. The fourth-order valence-corrected chi connectivity index (χ4v) is 2.89. The second-order valence-corrected chi connectivity index (χ2v) is 6.36. The van der Waals surface area contributed by atoms with Gasteiger partial charge in [0, 0.05) is 5.56 Å². The number of carboxylic acid groups (broad SMARTS) is 1. The first kappa shape index (κ1) is 19.7. The van der Waals surface area contributed by atoms with Gasteiger partial charge in [0.2, 0.25) is 5.95 Å². The molecule has 0 saturated carbocycles. The lowest BCUT2D eigenvalue weighted by Gasteiger charge is -2.16. The zero-order valence-corrected chi connectivity index (χ0v) is 15.6. The third-order valence-electron chi connectivity index (χ3n) is 3.66. The summed E-state index contributed by atoms with van der Waals surface area (Å²) in [5.74, 6) is -2.45. The molecule has 0 spiro atoms. The maximum absolute atomic E-state index is 14.1. The molecule has 0 unspecified atom stereocenters. The SMILES string of the molecule is O=C(O)CNc1nc(F)c(Cl)c(Oc2ccc(O)cc2-c2ccccc2)c1Cl. The van der Waals surface area contributed by atoms with E-state index in [4.69, 9.17) is 33.0 Å². The van der Waals surface area contributed by atoms with Gasteiger partial charge in [0.05, 0.1) is 0 Å². The van der Waals surface area contributed by atoms with Gasteiger partial charge in [-0.2, -0.15) is 9.37 Å². The summed E-state index contributed by atoms with van der Waals surface area (Å²) in [6.45, 7) is -0.526. The van der Waals surface area contributed by atoms with E-state index in [9.17, 15) is 14.3 Å². The van der Waals surface area contributed by atoms with Crippen molar-refractivity contribution in [3.63, 3.8) is 0 Å². The summed E-state index contributed by atoms with van der Waals surface area (Å²) in [5.41, 5.74) is 1.25. The highest BCUT2D eigenvalue weighted by molar-refractivity contribution is 6.38. The van der Waals surface area contributed by atoms with Gasteiger partial charge >= 0.3 is 5.97 Å². The van der Waals surface area contributed by atoms with Crippen LogP contribution in [0.15, 0.2) is 48.5 Å². The van der Waals surface area contributed by atoms with E-state index >= 15 is 0 Å². The van der Waals surface area contributed by atoms with Crippen molar-refractivity contribution in [2.24, 2.45) is 0 Å². The van der Waals surface area contributed by atoms with E-state index in [2.05, 4.69) is 10.3 Å². The number of anilines is 1. The summed E-state index contributed by atoms with van der Waals surface area (Å²) in [6.07, 6.45) is 0. The molecule has 6 nitrogen and oxygen atoms in total. The van der Waals surface area contributed by atoms with Crippen molar-refractivity contribution in [3.8, 4) is 28.4 Å². The highest BCUT2D eigenvalue weighted by Crippen LogP contribution is 2.44. The molecule has 0 saturated heterocycles. The zero-order chi connectivity index (χ0) is 20.3. The summed E-state index contributed by atoms with van der Waals surface area (Å²) in [4.78, 5) is 14.3. The largest absolute Gasteiger partial charge is 0.508 e. The van der Waals surface area contributed by atoms with Crippen molar-refractivity contribution in [1.82, 2.24) is 4.98 Å². The number of hydrogen-bond acceptors (Lipinski definition) is 5. The number of pyridine rings is 1. The summed E-state index contributed by atoms with van der Waals surface area (Å²) in [7, 11) is 0. The number of phenolic OH excluding ortho intramolecular Hbond substituents is 1. The first-order chi connectivity index (χ1) is 13.4. The Bertz CT molecular complexity index is 1030. The van der Waals surface area contributed by atoms with Crippen LogP contribution in [0.1, 0.15) is 0 Å². The molecule has 1 heterocycles. The van der Waals surface area contributed by atoms with Gasteiger partial charge < -0.3 is 20.3 Å². The summed E-state index contributed by atoms with van der Waals surface area (Å²) in [5, 5.41) is 20.4. The first-order valence-electron chi connectivity index (χ1n) is 7.93. The molecule has 1 aromatic heterocycles. The molecule has 3 N–H and O–H groups in total. The van der Waals surface area contributed by atoms with Crippen LogP contribution in [0.4, 0.5) is 10.2 Å². The molecule has 0 atom stereocenters. The Kier molecular flexibility index (Phi) is 5.87. The third-order valence-corrected chi connectivity index (χ3v) is 4.34. The topological polar surface area (TPSA) is 91.7 Å². The van der Waals surface area contributed by atoms with Crippen molar-refractivity contribution >= 4 is 35.0 Å². The molecule has 0 aliphatic rings. The minimum atomic E-state index is -1.18. The van der Waals surface area contributed by atoms with E-state index in [1.165, 1.54) is 18.2 Å². The van der Waals surface area contributed by atoms with Crippen LogP contribution >= 0.6 is 23.2 Å². The number of hydrogen-bond donors (Lipinski definition) is 3. The number of nitrogens with one attached hydrogen (secondary N) is 1. The number of rotatable bonds is 6. The van der Waals surface area contributed by atoms with Gasteiger partial charge in [-0.05, 0) is 23.8 Å². The fourth-order valence-electron chi connectivity index (χ4n) is 2.42. The number of halogens is 3. The Morgan fingerprint density at radius 3 is 2.54 bits per heavy atom. The van der Waals surface area contributed by atoms with Crippen LogP contribution in [0.5, 0.6) is 17.2 Å². The molecule has 0 aliphatic carbocycles. The van der Waals surface area contributed by atoms with Crippen LogP contribution in [-0.4, -0.2) is 27.7 Å². The Hall–Kier alpha value is -3.03. The Labute approximate surface area is 169 Å². The first-order valence-corrected chi connectivity index (χ1v) is 8.69. The molecule has 0 fully saturated rings. The number of aromatic hydroxyl groups is 1. The number of phenols is 1. The average Bonchev–Trinajstić information content (AvgIpc) is 2.68. The highest BCUT2D eigenvalue weighted by Gasteiger charge is 2.21. The number of benzene rings is 2. The molecule has 0 amide bonds. The summed E-state index contributed by atoms with van der Waals surface area (Å²) >= 11 is 12.2. The number of carbonyl (C=O) groups is 1. The number of carboxylic acids is 1. The van der Waals surface area contributed by atoms with E-state index in [1.807, 2.05) is 18.2 Å². The van der Waals surface area contributed by atoms with Crippen molar-refractivity contribution in [2.45, 2.75) is 0 Å².